The molecule has 0 nitrogen and oxygen atoms in total. The van der Waals surface area contributed by atoms with Gasteiger partial charge in [0.15, 0.2) is 0 Å². The summed E-state index contributed by atoms with van der Waals surface area (Å²) >= 11 is 6.53. The van der Waals surface area contributed by atoms with E-state index in [0.717, 1.165) is 0 Å². The van der Waals surface area contributed by atoms with Crippen LogP contribution in [0.15, 0.2) is 140 Å². The van der Waals surface area contributed by atoms with Crippen molar-refractivity contribution in [2.75, 3.05) is 0 Å². The van der Waals surface area contributed by atoms with E-state index in [2.05, 4.69) is 140 Å². The zero-order chi connectivity index (χ0) is 24.1. The fourth-order valence-corrected chi connectivity index (χ4v) is 9.30. The molecule has 0 aliphatic rings. The summed E-state index contributed by atoms with van der Waals surface area (Å²) in [6.07, 6.45) is 0. The van der Waals surface area contributed by atoms with Gasteiger partial charge in [-0.3, -0.25) is 0 Å². The molecule has 0 saturated carbocycles. The monoisotopic (exact) mass is 494 g/mol. The van der Waals surface area contributed by atoms with E-state index in [4.69, 9.17) is 11.8 Å². The van der Waals surface area contributed by atoms with Gasteiger partial charge in [-0.15, -0.1) is 0 Å². The molecule has 0 spiro atoms. The smallest absolute Gasteiger partial charge is 0.0379 e. The van der Waals surface area contributed by atoms with Crippen molar-refractivity contribution in [1.29, 1.82) is 0 Å². The Morgan fingerprint density at radius 1 is 0.389 bits per heavy atom. The first-order valence-corrected chi connectivity index (χ1v) is 15.0. The Bertz CT molecular complexity index is 1830. The predicted octanol–water partition coefficient (Wildman–Crippen LogP) is 8.01. The Morgan fingerprint density at radius 3 is 1.50 bits per heavy atom. The number of hydrogen-bond donors (Lipinski definition) is 0. The fourth-order valence-electron chi connectivity index (χ4n) is 5.56. The van der Waals surface area contributed by atoms with E-state index in [1.165, 1.54) is 59.4 Å². The van der Waals surface area contributed by atoms with Gasteiger partial charge in [0.1, 0.15) is 0 Å². The van der Waals surface area contributed by atoms with Crippen molar-refractivity contribution >= 4 is 66.1 Å². The lowest BCUT2D eigenvalue weighted by atomic mass is 9.90. The molecule has 0 amide bonds. The van der Waals surface area contributed by atoms with E-state index in [-0.39, 0.29) is 0 Å². The molecule has 7 aromatic carbocycles. The van der Waals surface area contributed by atoms with Crippen molar-refractivity contribution in [3.8, 4) is 11.1 Å². The molecule has 0 aromatic heterocycles. The molecule has 0 aliphatic heterocycles. The third kappa shape index (κ3) is 3.24. The maximum atomic E-state index is 6.53. The van der Waals surface area contributed by atoms with Gasteiger partial charge in [-0.25, -0.2) is 0 Å². The van der Waals surface area contributed by atoms with Gasteiger partial charge >= 0.3 is 0 Å². The third-order valence-electron chi connectivity index (χ3n) is 7.31. The molecule has 2 heteroatoms. The zero-order valence-corrected chi connectivity index (χ0v) is 21.3. The minimum atomic E-state index is -2.15. The Balaban J connectivity index is 1.41. The van der Waals surface area contributed by atoms with Crippen molar-refractivity contribution in [2.45, 2.75) is 0 Å². The van der Waals surface area contributed by atoms with Gasteiger partial charge in [-0.1, -0.05) is 151 Å². The SMILES string of the molecule is S=P(c1ccccc1)(c1ccccc1)c1ccc(-c2ccc3ccc4cccc5ccc2c3c45)cc1. The summed E-state index contributed by atoms with van der Waals surface area (Å²) < 4.78 is 0. The molecule has 0 radical (unpaired) electrons. The van der Waals surface area contributed by atoms with Crippen LogP contribution in [0, 0.1) is 0 Å². The van der Waals surface area contributed by atoms with E-state index in [9.17, 15) is 0 Å². The van der Waals surface area contributed by atoms with Gasteiger partial charge in [-0.05, 0) is 59.4 Å². The average molecular weight is 495 g/mol. The highest BCUT2D eigenvalue weighted by Gasteiger charge is 2.24. The quantitative estimate of drug-likeness (QED) is 0.176. The summed E-state index contributed by atoms with van der Waals surface area (Å²) in [5.74, 6) is 0. The predicted molar refractivity (Wildman–Crippen MR) is 162 cm³/mol. The molecule has 7 rings (SSSR count). The topological polar surface area (TPSA) is 0 Å². The Morgan fingerprint density at radius 2 is 0.889 bits per heavy atom. The van der Waals surface area contributed by atoms with E-state index in [1.54, 1.807) is 0 Å². The molecule has 0 heterocycles. The second kappa shape index (κ2) is 8.42. The van der Waals surface area contributed by atoms with Gasteiger partial charge in [0.2, 0.25) is 0 Å². The van der Waals surface area contributed by atoms with Crippen LogP contribution in [0.1, 0.15) is 0 Å². The molecular weight excluding hydrogens is 471 g/mol. The molecular formula is C34H23PS. The van der Waals surface area contributed by atoms with Crippen LogP contribution in [0.2, 0.25) is 0 Å². The van der Waals surface area contributed by atoms with Crippen LogP contribution >= 0.6 is 6.04 Å². The van der Waals surface area contributed by atoms with Crippen LogP contribution < -0.4 is 15.9 Å². The van der Waals surface area contributed by atoms with Gasteiger partial charge in [0.05, 0.1) is 0 Å². The minimum absolute atomic E-state index is 1.22. The zero-order valence-electron chi connectivity index (χ0n) is 19.6. The van der Waals surface area contributed by atoms with Gasteiger partial charge in [0.25, 0.3) is 0 Å². The third-order valence-corrected chi connectivity index (χ3v) is 12.3. The highest BCUT2D eigenvalue weighted by atomic mass is 32.4. The van der Waals surface area contributed by atoms with E-state index < -0.39 is 6.04 Å². The lowest BCUT2D eigenvalue weighted by molar-refractivity contribution is 1.69. The molecule has 0 atom stereocenters. The Kier molecular flexibility index (Phi) is 5.03. The number of rotatable bonds is 4. The first-order chi connectivity index (χ1) is 17.7. The van der Waals surface area contributed by atoms with Crippen LogP contribution in [0.3, 0.4) is 0 Å². The molecule has 0 unspecified atom stereocenters. The van der Waals surface area contributed by atoms with E-state index in [1.807, 2.05) is 0 Å². The summed E-state index contributed by atoms with van der Waals surface area (Å²) in [6, 6.07) is 48.2. The summed E-state index contributed by atoms with van der Waals surface area (Å²) in [5, 5.41) is 11.6. The van der Waals surface area contributed by atoms with Gasteiger partial charge in [-0.2, -0.15) is 0 Å². The first-order valence-electron chi connectivity index (χ1n) is 12.2. The molecule has 0 saturated heterocycles. The van der Waals surface area contributed by atoms with Crippen molar-refractivity contribution in [2.24, 2.45) is 0 Å². The van der Waals surface area contributed by atoms with E-state index in [0.29, 0.717) is 0 Å². The van der Waals surface area contributed by atoms with Crippen LogP contribution in [0.5, 0.6) is 0 Å². The maximum Gasteiger partial charge on any atom is 0.0379 e. The summed E-state index contributed by atoms with van der Waals surface area (Å²) in [5.41, 5.74) is 2.49. The lowest BCUT2D eigenvalue weighted by Crippen LogP contribution is -2.24. The van der Waals surface area contributed by atoms with E-state index >= 15 is 0 Å². The summed E-state index contributed by atoms with van der Waals surface area (Å²) in [7, 11) is 0. The lowest BCUT2D eigenvalue weighted by Gasteiger charge is -2.24. The molecule has 0 aliphatic carbocycles. The van der Waals surface area contributed by atoms with Crippen molar-refractivity contribution < 1.29 is 0 Å². The largest absolute Gasteiger partial charge is 0.0826 e. The number of benzene rings is 7. The fraction of sp³-hybridized carbons (Fsp3) is 0. The first kappa shape index (κ1) is 21.5. The second-order valence-corrected chi connectivity index (χ2v) is 13.7. The highest BCUT2D eigenvalue weighted by Crippen LogP contribution is 2.44. The Hall–Kier alpha value is -3.77. The van der Waals surface area contributed by atoms with Crippen molar-refractivity contribution in [3.05, 3.63) is 140 Å². The van der Waals surface area contributed by atoms with Crippen molar-refractivity contribution in [3.63, 3.8) is 0 Å². The molecule has 0 bridgehead atoms. The summed E-state index contributed by atoms with van der Waals surface area (Å²) in [6.45, 7) is 0. The molecule has 0 fully saturated rings. The van der Waals surface area contributed by atoms with Gasteiger partial charge in [0, 0.05) is 6.04 Å². The van der Waals surface area contributed by atoms with Crippen LogP contribution in [-0.4, -0.2) is 0 Å². The second-order valence-electron chi connectivity index (χ2n) is 9.30. The molecule has 170 valence electrons. The average Bonchev–Trinajstić information content (AvgIpc) is 2.96. The number of hydrogen-bond acceptors (Lipinski definition) is 1. The van der Waals surface area contributed by atoms with Gasteiger partial charge < -0.3 is 0 Å². The standard InChI is InChI=1S/C34H23PS/c36-35(28-10-3-1-4-11-28,29-12-5-2-6-13-29)30-20-16-24(17-21-30)31-22-18-27-15-14-25-8-7-9-26-19-23-32(31)34(27)33(25)26/h1-23H. The maximum absolute atomic E-state index is 6.53. The molecule has 7 aromatic rings. The van der Waals surface area contributed by atoms with Crippen molar-refractivity contribution in [1.82, 2.24) is 0 Å². The van der Waals surface area contributed by atoms with Crippen LogP contribution in [-0.2, 0) is 11.8 Å². The van der Waals surface area contributed by atoms with Crippen LogP contribution in [0.4, 0.5) is 0 Å². The summed E-state index contributed by atoms with van der Waals surface area (Å²) in [4.78, 5) is 0. The molecule has 36 heavy (non-hydrogen) atoms. The minimum Gasteiger partial charge on any atom is -0.0826 e. The normalized spacial score (nSPS) is 12.0. The highest BCUT2D eigenvalue weighted by molar-refractivity contribution is 8.25. The van der Waals surface area contributed by atoms with Crippen LogP contribution in [0.25, 0.3) is 43.4 Å². The molecule has 0 N–H and O–H groups in total. The Labute approximate surface area is 216 Å².